The van der Waals surface area contributed by atoms with Crippen LogP contribution in [0, 0.1) is 41.9 Å². The molecule has 4 atom stereocenters. The number of aromatic nitrogens is 2. The second-order valence-corrected chi connectivity index (χ2v) is 12.2. The van der Waals surface area contributed by atoms with Gasteiger partial charge in [0, 0.05) is 22.9 Å². The number of halogens is 5. The number of rotatable bonds is 8. The van der Waals surface area contributed by atoms with Crippen molar-refractivity contribution in [2.45, 2.75) is 43.3 Å². The monoisotopic (exact) mass is 637 g/mol. The van der Waals surface area contributed by atoms with Crippen LogP contribution in [0.3, 0.4) is 0 Å². The fourth-order valence-electron chi connectivity index (χ4n) is 4.52. The van der Waals surface area contributed by atoms with Crippen LogP contribution in [0.15, 0.2) is 52.9 Å². The van der Waals surface area contributed by atoms with Gasteiger partial charge in [-0.3, -0.25) is 4.79 Å². The van der Waals surface area contributed by atoms with E-state index in [-0.39, 0.29) is 30.4 Å². The molecule has 0 aliphatic carbocycles. The van der Waals surface area contributed by atoms with Gasteiger partial charge < -0.3 is 19.9 Å². The van der Waals surface area contributed by atoms with Crippen LogP contribution in [0.25, 0.3) is 0 Å². The quantitative estimate of drug-likeness (QED) is 0.0943. The molecular weight excluding hydrogens is 613 g/mol. The molecule has 226 valence electrons. The maximum Gasteiger partial charge on any atom is 0.261 e. The minimum atomic E-state index is -2.35. The first kappa shape index (κ1) is 31.0. The van der Waals surface area contributed by atoms with Gasteiger partial charge in [0.05, 0.1) is 18.8 Å². The molecule has 1 aliphatic heterocycles. The first-order chi connectivity index (χ1) is 20.6. The lowest BCUT2D eigenvalue weighted by Gasteiger charge is -2.41. The summed E-state index contributed by atoms with van der Waals surface area (Å²) < 4.78 is 82.2. The molecule has 1 aliphatic rings. The first-order valence-corrected chi connectivity index (χ1v) is 14.7. The number of hydrogen-bond donors (Lipinski definition) is 2. The summed E-state index contributed by atoms with van der Waals surface area (Å²) in [7, 11) is 0. The standard InChI is InChI=1S/C29H24F5N3O4S2/c1-13-19(12-42-29-37-36-14(2)43-29)40-28(41-26(13)16-5-3-15(11-38)4-6-16)17-7-9-18(10-8-17)35-27(39)20-21(30)23(32)25(34)24(33)22(20)31/h3-10,13,19,26,28,38H,11-12H2,1-2H3,(H,35,39)/t13-,19+,26+,28+/m1/s1. The average molecular weight is 638 g/mol. The van der Waals surface area contributed by atoms with Gasteiger partial charge in [-0.15, -0.1) is 10.2 Å². The van der Waals surface area contributed by atoms with E-state index in [1.807, 2.05) is 38.1 Å². The molecule has 1 aromatic heterocycles. The number of ether oxygens (including phenoxy) is 2. The summed E-state index contributed by atoms with van der Waals surface area (Å²) in [6.45, 7) is 3.78. The van der Waals surface area contributed by atoms with Crippen molar-refractivity contribution in [1.82, 2.24) is 10.2 Å². The van der Waals surface area contributed by atoms with Gasteiger partial charge in [-0.1, -0.05) is 66.4 Å². The molecule has 43 heavy (non-hydrogen) atoms. The van der Waals surface area contributed by atoms with Crippen LogP contribution in [-0.2, 0) is 16.1 Å². The number of nitrogens with one attached hydrogen (secondary N) is 1. The highest BCUT2D eigenvalue weighted by Crippen LogP contribution is 2.43. The molecule has 1 fully saturated rings. The fourth-order valence-corrected chi connectivity index (χ4v) is 6.53. The molecule has 3 aromatic carbocycles. The van der Waals surface area contributed by atoms with Gasteiger partial charge in [-0.05, 0) is 30.2 Å². The second kappa shape index (κ2) is 13.1. The van der Waals surface area contributed by atoms with E-state index in [4.69, 9.17) is 9.47 Å². The van der Waals surface area contributed by atoms with E-state index in [9.17, 15) is 31.9 Å². The summed E-state index contributed by atoms with van der Waals surface area (Å²) in [6.07, 6.45) is -1.52. The Morgan fingerprint density at radius 2 is 1.51 bits per heavy atom. The maximum atomic E-state index is 14.1. The largest absolute Gasteiger partial charge is 0.392 e. The number of benzene rings is 3. The molecule has 7 nitrogen and oxygen atoms in total. The molecule has 0 spiro atoms. The van der Waals surface area contributed by atoms with Crippen LogP contribution in [0.1, 0.15) is 51.4 Å². The van der Waals surface area contributed by atoms with E-state index < -0.39 is 46.8 Å². The average Bonchev–Trinajstić information content (AvgIpc) is 3.44. The highest BCUT2D eigenvalue weighted by atomic mass is 32.2. The van der Waals surface area contributed by atoms with Crippen molar-refractivity contribution in [1.29, 1.82) is 0 Å². The van der Waals surface area contributed by atoms with E-state index in [0.29, 0.717) is 11.3 Å². The number of carbonyl (C=O) groups is 1. The SMILES string of the molecule is Cc1nnc(SC[C@@H]2O[C@H](c3ccc(NC(=O)c4c(F)c(F)c(F)c(F)c4F)cc3)O[C@H](c3ccc(CO)cc3)[C@@H]2C)s1. The Balaban J connectivity index is 1.36. The zero-order valence-corrected chi connectivity index (χ0v) is 24.2. The van der Waals surface area contributed by atoms with Crippen LogP contribution >= 0.6 is 23.1 Å². The van der Waals surface area contributed by atoms with Crippen molar-refractivity contribution >= 4 is 34.7 Å². The lowest BCUT2D eigenvalue weighted by atomic mass is 9.91. The summed E-state index contributed by atoms with van der Waals surface area (Å²) in [5.41, 5.74) is 0.639. The van der Waals surface area contributed by atoms with Gasteiger partial charge in [-0.2, -0.15) is 0 Å². The van der Waals surface area contributed by atoms with Crippen molar-refractivity contribution < 1.29 is 41.3 Å². The molecule has 0 unspecified atom stereocenters. The van der Waals surface area contributed by atoms with E-state index in [1.165, 1.54) is 35.2 Å². The summed E-state index contributed by atoms with van der Waals surface area (Å²) >= 11 is 2.98. The van der Waals surface area contributed by atoms with Gasteiger partial charge in [0.1, 0.15) is 10.6 Å². The Morgan fingerprint density at radius 3 is 2.09 bits per heavy atom. The third kappa shape index (κ3) is 6.58. The molecule has 2 heterocycles. The Morgan fingerprint density at radius 1 is 0.907 bits per heavy atom. The van der Waals surface area contributed by atoms with Gasteiger partial charge in [0.2, 0.25) is 5.82 Å². The molecule has 0 radical (unpaired) electrons. The Hall–Kier alpha value is -3.43. The van der Waals surface area contributed by atoms with Crippen LogP contribution < -0.4 is 5.32 Å². The van der Waals surface area contributed by atoms with Crippen LogP contribution in [0.5, 0.6) is 0 Å². The number of thioether (sulfide) groups is 1. The number of aliphatic hydroxyl groups excluding tert-OH is 1. The zero-order valence-electron chi connectivity index (χ0n) is 22.6. The first-order valence-electron chi connectivity index (χ1n) is 12.9. The van der Waals surface area contributed by atoms with E-state index in [1.54, 1.807) is 12.1 Å². The number of amides is 1. The molecule has 1 saturated heterocycles. The van der Waals surface area contributed by atoms with E-state index >= 15 is 0 Å². The smallest absolute Gasteiger partial charge is 0.261 e. The highest BCUT2D eigenvalue weighted by molar-refractivity contribution is 8.01. The minimum absolute atomic E-state index is 0.0387. The molecule has 0 bridgehead atoms. The van der Waals surface area contributed by atoms with Crippen LogP contribution in [-0.4, -0.2) is 33.1 Å². The van der Waals surface area contributed by atoms with E-state index in [0.717, 1.165) is 20.5 Å². The minimum Gasteiger partial charge on any atom is -0.392 e. The molecule has 0 saturated carbocycles. The molecule has 4 aromatic rings. The molecule has 2 N–H and O–H groups in total. The molecule has 5 rings (SSSR count). The maximum absolute atomic E-state index is 14.1. The Bertz CT molecular complexity index is 1590. The van der Waals surface area contributed by atoms with Gasteiger partial charge in [0.25, 0.3) is 5.91 Å². The third-order valence-electron chi connectivity index (χ3n) is 6.88. The number of hydrogen-bond acceptors (Lipinski definition) is 8. The van der Waals surface area contributed by atoms with Gasteiger partial charge in [-0.25, -0.2) is 22.0 Å². The lowest BCUT2D eigenvalue weighted by molar-refractivity contribution is -0.268. The van der Waals surface area contributed by atoms with Gasteiger partial charge in [0.15, 0.2) is 33.9 Å². The second-order valence-electron chi connectivity index (χ2n) is 9.74. The third-order valence-corrected chi connectivity index (χ3v) is 8.94. The van der Waals surface area contributed by atoms with Gasteiger partial charge >= 0.3 is 0 Å². The summed E-state index contributed by atoms with van der Waals surface area (Å²) in [6, 6.07) is 13.3. The normalized spacial score (nSPS) is 20.3. The predicted octanol–water partition coefficient (Wildman–Crippen LogP) is 6.87. The van der Waals surface area contributed by atoms with E-state index in [2.05, 4.69) is 15.5 Å². The molecular formula is C29H24F5N3O4S2. The van der Waals surface area contributed by atoms with Crippen molar-refractivity contribution in [2.24, 2.45) is 5.92 Å². The number of aliphatic hydroxyl groups is 1. The van der Waals surface area contributed by atoms with Crippen LogP contribution in [0.4, 0.5) is 27.6 Å². The number of carbonyl (C=O) groups excluding carboxylic acids is 1. The fraction of sp³-hybridized carbons (Fsp3) is 0.276. The summed E-state index contributed by atoms with van der Waals surface area (Å²) in [5, 5.41) is 20.6. The Kier molecular flexibility index (Phi) is 9.42. The summed E-state index contributed by atoms with van der Waals surface area (Å²) in [4.78, 5) is 12.5. The summed E-state index contributed by atoms with van der Waals surface area (Å²) in [5.74, 6) is -12.3. The number of aryl methyl sites for hydroxylation is 1. The van der Waals surface area contributed by atoms with Crippen molar-refractivity contribution in [3.05, 3.63) is 105 Å². The predicted molar refractivity (Wildman–Crippen MR) is 149 cm³/mol. The zero-order chi connectivity index (χ0) is 30.8. The molecule has 1 amide bonds. The number of nitrogens with zero attached hydrogens (tertiary/aromatic N) is 2. The van der Waals surface area contributed by atoms with Crippen molar-refractivity contribution in [3.63, 3.8) is 0 Å². The Labute approximate surface area is 251 Å². The van der Waals surface area contributed by atoms with Crippen molar-refractivity contribution in [2.75, 3.05) is 11.1 Å². The topological polar surface area (TPSA) is 93.6 Å². The van der Waals surface area contributed by atoms with Crippen LogP contribution in [0.2, 0.25) is 0 Å². The lowest BCUT2D eigenvalue weighted by Crippen LogP contribution is -2.38. The van der Waals surface area contributed by atoms with Crippen molar-refractivity contribution in [3.8, 4) is 0 Å². The number of anilines is 1. The highest BCUT2D eigenvalue weighted by Gasteiger charge is 2.38. The molecule has 14 heteroatoms.